The number of benzene rings is 1. The van der Waals surface area contributed by atoms with Gasteiger partial charge in [-0.1, -0.05) is 36.8 Å². The van der Waals surface area contributed by atoms with Gasteiger partial charge in [-0.25, -0.2) is 30.1 Å². The zero-order valence-corrected chi connectivity index (χ0v) is 11.2. The Balaban J connectivity index is 0.000000310. The highest BCUT2D eigenvalue weighted by Gasteiger charge is 2.00. The lowest BCUT2D eigenvalue weighted by Gasteiger charge is -1.94. The van der Waals surface area contributed by atoms with Gasteiger partial charge < -0.3 is 0 Å². The summed E-state index contributed by atoms with van der Waals surface area (Å²) < 4.78 is 0. The molecule has 0 fully saturated rings. The molecule has 0 aliphatic rings. The number of aryl methyl sites for hydroxylation is 2. The Labute approximate surface area is 96.8 Å². The van der Waals surface area contributed by atoms with E-state index >= 15 is 0 Å². The van der Waals surface area contributed by atoms with E-state index in [1.54, 1.807) is 0 Å². The summed E-state index contributed by atoms with van der Waals surface area (Å²) in [5.41, 5.74) is 2.76. The Hall–Kier alpha value is 0.622. The van der Waals surface area contributed by atoms with Gasteiger partial charge in [0, 0.05) is 0 Å². The van der Waals surface area contributed by atoms with Crippen molar-refractivity contribution < 1.29 is 0 Å². The molecule has 72 valence electrons. The number of hydrogen-bond acceptors (Lipinski definition) is 0. The molecule has 0 aliphatic carbocycles. The number of hydrogen-bond donors (Lipinski definition) is 0. The van der Waals surface area contributed by atoms with Gasteiger partial charge in [0.25, 0.3) is 0 Å². The predicted molar refractivity (Wildman–Crippen MR) is 63.9 cm³/mol. The van der Waals surface area contributed by atoms with Crippen LogP contribution in [0.3, 0.4) is 0 Å². The van der Waals surface area contributed by atoms with Crippen LogP contribution < -0.4 is 0 Å². The van der Waals surface area contributed by atoms with E-state index < -0.39 is 11.4 Å². The summed E-state index contributed by atoms with van der Waals surface area (Å²) >= 11 is -1.72. The van der Waals surface area contributed by atoms with Gasteiger partial charge in [-0.15, -0.1) is 0 Å². The third-order valence-corrected chi connectivity index (χ3v) is 1.53. The fraction of sp³-hybridized carbons (Fsp3) is 0.333. The number of rotatable bonds is 1. The standard InChI is InChI=1S/C9H12.Al.3ClH/c1-3-9-6-4-8(2)5-7-9;;;;/h4-7H,3H2,1-2H3;;3*1H/q;+3;;;/p-3. The van der Waals surface area contributed by atoms with Crippen molar-refractivity contribution in [2.75, 3.05) is 0 Å². The van der Waals surface area contributed by atoms with Crippen LogP contribution in [0.2, 0.25) is 0 Å². The molecule has 13 heavy (non-hydrogen) atoms. The minimum Gasteiger partial charge on any atom is -0.214 e. The Morgan fingerprint density at radius 2 is 1.46 bits per heavy atom. The average molecular weight is 254 g/mol. The molecule has 0 aliphatic heterocycles. The van der Waals surface area contributed by atoms with E-state index in [4.69, 9.17) is 30.1 Å². The second-order valence-electron chi connectivity index (χ2n) is 2.59. The fourth-order valence-corrected chi connectivity index (χ4v) is 0.824. The molecule has 0 saturated heterocycles. The molecule has 1 aromatic carbocycles. The summed E-state index contributed by atoms with van der Waals surface area (Å²) in [6.45, 7) is 4.28. The predicted octanol–water partition coefficient (Wildman–Crippen LogP) is 4.25. The van der Waals surface area contributed by atoms with Gasteiger partial charge >= 0.3 is 11.4 Å². The first kappa shape index (κ1) is 13.6. The monoisotopic (exact) mass is 252 g/mol. The fourth-order valence-electron chi connectivity index (χ4n) is 0.824. The summed E-state index contributed by atoms with van der Waals surface area (Å²) in [7, 11) is 14.8. The largest absolute Gasteiger partial charge is 0.643 e. The molecule has 0 unspecified atom stereocenters. The molecule has 0 nitrogen and oxygen atoms in total. The summed E-state index contributed by atoms with van der Waals surface area (Å²) in [6.07, 6.45) is 1.14. The van der Waals surface area contributed by atoms with Gasteiger partial charge in [0.2, 0.25) is 0 Å². The van der Waals surface area contributed by atoms with Crippen molar-refractivity contribution in [3.05, 3.63) is 35.4 Å². The van der Waals surface area contributed by atoms with Gasteiger partial charge in [0.05, 0.1) is 0 Å². The van der Waals surface area contributed by atoms with Crippen molar-refractivity contribution >= 4 is 41.5 Å². The normalized spacial score (nSPS) is 8.69. The van der Waals surface area contributed by atoms with Crippen molar-refractivity contribution in [3.8, 4) is 0 Å². The maximum atomic E-state index is 4.94. The van der Waals surface area contributed by atoms with Crippen molar-refractivity contribution in [2.45, 2.75) is 20.3 Å². The average Bonchev–Trinajstić information content (AvgIpc) is 2.05. The first-order valence-corrected chi connectivity index (χ1v) is 9.27. The molecular weight excluding hydrogens is 241 g/mol. The minimum atomic E-state index is -1.72. The van der Waals surface area contributed by atoms with E-state index in [0.29, 0.717) is 0 Å². The van der Waals surface area contributed by atoms with E-state index in [-0.39, 0.29) is 0 Å². The molecule has 1 aromatic rings. The molecule has 0 bridgehead atoms. The summed E-state index contributed by atoms with van der Waals surface area (Å²) in [6, 6.07) is 8.66. The highest BCUT2D eigenvalue weighted by atomic mass is 35.8. The Bertz CT molecular complexity index is 218. The molecular formula is C9H12AlCl3. The van der Waals surface area contributed by atoms with E-state index in [0.717, 1.165) is 6.42 Å². The van der Waals surface area contributed by atoms with Gasteiger partial charge in [0.1, 0.15) is 0 Å². The Kier molecular flexibility index (Phi) is 8.36. The van der Waals surface area contributed by atoms with Crippen LogP contribution in [0.4, 0.5) is 0 Å². The molecule has 0 aromatic heterocycles. The summed E-state index contributed by atoms with van der Waals surface area (Å²) in [5.74, 6) is 0. The van der Waals surface area contributed by atoms with Gasteiger partial charge in [-0.2, -0.15) is 0 Å². The van der Waals surface area contributed by atoms with E-state index in [2.05, 4.69) is 38.1 Å². The molecule has 0 heterocycles. The highest BCUT2D eigenvalue weighted by Crippen LogP contribution is 2.02. The van der Waals surface area contributed by atoms with Crippen LogP contribution >= 0.6 is 30.1 Å². The first-order valence-electron chi connectivity index (χ1n) is 4.04. The third-order valence-electron chi connectivity index (χ3n) is 1.53. The van der Waals surface area contributed by atoms with Crippen molar-refractivity contribution in [2.24, 2.45) is 0 Å². The number of halogens is 3. The van der Waals surface area contributed by atoms with Gasteiger partial charge in [-0.05, 0) is 18.9 Å². The van der Waals surface area contributed by atoms with Crippen molar-refractivity contribution in [1.82, 2.24) is 0 Å². The van der Waals surface area contributed by atoms with Crippen LogP contribution in [-0.4, -0.2) is 11.4 Å². The zero-order valence-electron chi connectivity index (χ0n) is 7.73. The highest BCUT2D eigenvalue weighted by molar-refractivity contribution is 7.54. The van der Waals surface area contributed by atoms with E-state index in [9.17, 15) is 0 Å². The molecule has 1 rings (SSSR count). The second-order valence-corrected chi connectivity index (χ2v) is 9.02. The zero-order chi connectivity index (χ0) is 10.3. The smallest absolute Gasteiger partial charge is 0.214 e. The molecule has 0 saturated carbocycles. The SMILES string of the molecule is CCc1ccc(C)cc1.[Cl][Al]([Cl])[Cl]. The van der Waals surface area contributed by atoms with E-state index in [1.807, 2.05) is 0 Å². The maximum absolute atomic E-state index is 4.94. The lowest BCUT2D eigenvalue weighted by Crippen LogP contribution is -1.77. The third kappa shape index (κ3) is 8.94. The topological polar surface area (TPSA) is 0 Å². The van der Waals surface area contributed by atoms with Crippen molar-refractivity contribution in [1.29, 1.82) is 0 Å². The van der Waals surface area contributed by atoms with Crippen LogP contribution in [0.1, 0.15) is 18.1 Å². The molecule has 0 spiro atoms. The lowest BCUT2D eigenvalue weighted by molar-refractivity contribution is 1.14. The van der Waals surface area contributed by atoms with Crippen LogP contribution in [0.5, 0.6) is 0 Å². The summed E-state index contributed by atoms with van der Waals surface area (Å²) in [5, 5.41) is 0. The summed E-state index contributed by atoms with van der Waals surface area (Å²) in [4.78, 5) is 0. The Morgan fingerprint density at radius 1 is 1.08 bits per heavy atom. The lowest BCUT2D eigenvalue weighted by atomic mass is 10.1. The second kappa shape index (κ2) is 7.97. The molecule has 0 radical (unpaired) electrons. The van der Waals surface area contributed by atoms with Crippen LogP contribution in [0.15, 0.2) is 24.3 Å². The van der Waals surface area contributed by atoms with Crippen molar-refractivity contribution in [3.63, 3.8) is 0 Å². The minimum absolute atomic E-state index is 1.14. The Morgan fingerprint density at radius 3 is 1.77 bits per heavy atom. The first-order chi connectivity index (χ1) is 6.06. The van der Waals surface area contributed by atoms with Gasteiger partial charge in [-0.3, -0.25) is 0 Å². The molecule has 0 amide bonds. The van der Waals surface area contributed by atoms with Crippen LogP contribution in [-0.2, 0) is 6.42 Å². The van der Waals surface area contributed by atoms with Crippen LogP contribution in [0.25, 0.3) is 0 Å². The molecule has 0 atom stereocenters. The van der Waals surface area contributed by atoms with E-state index in [1.165, 1.54) is 11.1 Å². The van der Waals surface area contributed by atoms with Crippen LogP contribution in [0, 0.1) is 6.92 Å². The quantitative estimate of drug-likeness (QED) is 0.657. The molecule has 4 heteroatoms. The maximum Gasteiger partial charge on any atom is 0.643 e. The van der Waals surface area contributed by atoms with Gasteiger partial charge in [0.15, 0.2) is 0 Å². The molecule has 0 N–H and O–H groups in total.